The third kappa shape index (κ3) is 3.70. The van der Waals surface area contributed by atoms with Gasteiger partial charge in [0.1, 0.15) is 5.78 Å². The van der Waals surface area contributed by atoms with Gasteiger partial charge in [-0.1, -0.05) is 42.0 Å². The minimum Gasteiger partial charge on any atom is -0.299 e. The van der Waals surface area contributed by atoms with E-state index in [-0.39, 0.29) is 11.7 Å². The van der Waals surface area contributed by atoms with Crippen molar-refractivity contribution in [3.05, 3.63) is 47.5 Å². The summed E-state index contributed by atoms with van der Waals surface area (Å²) in [7, 11) is 0. The Morgan fingerprint density at radius 3 is 2.40 bits per heavy atom. The smallest absolute Gasteiger partial charge is 0.136 e. The van der Waals surface area contributed by atoms with Crippen molar-refractivity contribution in [1.29, 1.82) is 0 Å². The molecule has 0 N–H and O–H groups in total. The van der Waals surface area contributed by atoms with Crippen molar-refractivity contribution >= 4 is 5.78 Å². The van der Waals surface area contributed by atoms with E-state index in [9.17, 15) is 4.79 Å². The predicted molar refractivity (Wildman–Crippen MR) is 63.9 cm³/mol. The highest BCUT2D eigenvalue weighted by Gasteiger charge is 2.10. The minimum absolute atomic E-state index is 0.0257. The molecule has 80 valence electrons. The molecule has 0 bridgehead atoms. The highest BCUT2D eigenvalue weighted by molar-refractivity contribution is 5.80. The second-order valence-corrected chi connectivity index (χ2v) is 3.93. The van der Waals surface area contributed by atoms with E-state index in [2.05, 4.69) is 31.2 Å². The van der Waals surface area contributed by atoms with Crippen LogP contribution in [0.1, 0.15) is 25.0 Å². The number of hydrogen-bond donors (Lipinski definition) is 0. The van der Waals surface area contributed by atoms with Gasteiger partial charge in [0.2, 0.25) is 0 Å². The zero-order chi connectivity index (χ0) is 11.3. The number of carbonyl (C=O) groups is 1. The summed E-state index contributed by atoms with van der Waals surface area (Å²) in [5.41, 5.74) is 2.48. The summed E-state index contributed by atoms with van der Waals surface area (Å²) < 4.78 is 0. The Labute approximate surface area is 91.8 Å². The monoisotopic (exact) mass is 202 g/mol. The molecule has 0 aliphatic heterocycles. The molecule has 0 spiro atoms. The van der Waals surface area contributed by atoms with Gasteiger partial charge in [-0.3, -0.25) is 4.79 Å². The number of hydrogen-bond acceptors (Lipinski definition) is 1. The summed E-state index contributed by atoms with van der Waals surface area (Å²) in [6, 6.07) is 8.36. The first-order valence-electron chi connectivity index (χ1n) is 5.32. The van der Waals surface area contributed by atoms with Crippen molar-refractivity contribution < 1.29 is 4.79 Å². The van der Waals surface area contributed by atoms with Crippen LogP contribution in [0.15, 0.2) is 36.4 Å². The summed E-state index contributed by atoms with van der Waals surface area (Å²) >= 11 is 0. The van der Waals surface area contributed by atoms with E-state index >= 15 is 0 Å². The van der Waals surface area contributed by atoms with E-state index in [4.69, 9.17) is 0 Å². The van der Waals surface area contributed by atoms with Crippen LogP contribution in [0.2, 0.25) is 0 Å². The normalized spacial score (nSPS) is 13.0. The van der Waals surface area contributed by atoms with Crippen molar-refractivity contribution in [3.63, 3.8) is 0 Å². The van der Waals surface area contributed by atoms with Gasteiger partial charge in [0.25, 0.3) is 0 Å². The summed E-state index contributed by atoms with van der Waals surface area (Å²) in [5, 5.41) is 0. The van der Waals surface area contributed by atoms with E-state index in [1.54, 1.807) is 6.92 Å². The molecule has 0 saturated carbocycles. The quantitative estimate of drug-likeness (QED) is 0.684. The summed E-state index contributed by atoms with van der Waals surface area (Å²) in [4.78, 5) is 11.4. The molecule has 0 radical (unpaired) electrons. The lowest BCUT2D eigenvalue weighted by atomic mass is 9.95. The van der Waals surface area contributed by atoms with E-state index < -0.39 is 0 Å². The van der Waals surface area contributed by atoms with Gasteiger partial charge in [0.05, 0.1) is 0 Å². The van der Waals surface area contributed by atoms with Crippen LogP contribution in [0.5, 0.6) is 0 Å². The maximum Gasteiger partial charge on any atom is 0.136 e. The zero-order valence-electron chi connectivity index (χ0n) is 9.66. The van der Waals surface area contributed by atoms with Gasteiger partial charge in [-0.2, -0.15) is 0 Å². The highest BCUT2D eigenvalue weighted by atomic mass is 16.1. The molecule has 0 fully saturated rings. The molecule has 1 aromatic carbocycles. The third-order valence-corrected chi connectivity index (χ3v) is 2.52. The molecule has 0 aliphatic carbocycles. The molecule has 15 heavy (non-hydrogen) atoms. The van der Waals surface area contributed by atoms with Crippen LogP contribution < -0.4 is 0 Å². The van der Waals surface area contributed by atoms with Crippen molar-refractivity contribution in [2.24, 2.45) is 5.92 Å². The van der Waals surface area contributed by atoms with E-state index in [1.165, 1.54) is 11.1 Å². The Bertz CT molecular complexity index is 346. The van der Waals surface area contributed by atoms with E-state index in [0.717, 1.165) is 6.42 Å². The Hall–Kier alpha value is -1.37. The van der Waals surface area contributed by atoms with Crippen LogP contribution in [0.4, 0.5) is 0 Å². The second kappa shape index (κ2) is 5.50. The van der Waals surface area contributed by atoms with Crippen LogP contribution in [-0.2, 0) is 11.2 Å². The lowest BCUT2D eigenvalue weighted by molar-refractivity contribution is -0.119. The third-order valence-electron chi connectivity index (χ3n) is 2.52. The standard InChI is InChI=1S/C14H18O/c1-4-5-14(12(3)15)10-13-8-6-11(2)7-9-13/h4-9,14H,10H2,1-3H3. The Balaban J connectivity index is 2.74. The topological polar surface area (TPSA) is 17.1 Å². The van der Waals surface area contributed by atoms with Crippen LogP contribution in [-0.4, -0.2) is 5.78 Å². The molecule has 1 nitrogen and oxygen atoms in total. The zero-order valence-corrected chi connectivity index (χ0v) is 9.66. The predicted octanol–water partition coefficient (Wildman–Crippen LogP) is 3.32. The number of carbonyl (C=O) groups excluding carboxylic acids is 1. The van der Waals surface area contributed by atoms with Gasteiger partial charge in [-0.05, 0) is 32.8 Å². The SMILES string of the molecule is CC=CC(Cc1ccc(C)cc1)C(C)=O. The number of Topliss-reactive ketones (excluding diaryl/α,β-unsaturated/α-hetero) is 1. The van der Waals surface area contributed by atoms with Crippen LogP contribution >= 0.6 is 0 Å². The fourth-order valence-electron chi connectivity index (χ4n) is 1.56. The number of aryl methyl sites for hydroxylation is 1. The first-order chi connectivity index (χ1) is 7.13. The lowest BCUT2D eigenvalue weighted by Gasteiger charge is -2.09. The molecular weight excluding hydrogens is 184 g/mol. The molecule has 1 heteroatoms. The first-order valence-corrected chi connectivity index (χ1v) is 5.32. The van der Waals surface area contributed by atoms with E-state index in [1.807, 2.05) is 19.1 Å². The molecule has 1 unspecified atom stereocenters. The van der Waals surface area contributed by atoms with Gasteiger partial charge in [-0.25, -0.2) is 0 Å². The Kier molecular flexibility index (Phi) is 4.29. The maximum atomic E-state index is 11.4. The van der Waals surface area contributed by atoms with Crippen molar-refractivity contribution in [2.45, 2.75) is 27.2 Å². The average Bonchev–Trinajstić information content (AvgIpc) is 2.20. The van der Waals surface area contributed by atoms with Crippen molar-refractivity contribution in [2.75, 3.05) is 0 Å². The van der Waals surface area contributed by atoms with Crippen LogP contribution in [0.25, 0.3) is 0 Å². The van der Waals surface area contributed by atoms with Gasteiger partial charge in [-0.15, -0.1) is 0 Å². The fourth-order valence-corrected chi connectivity index (χ4v) is 1.56. The highest BCUT2D eigenvalue weighted by Crippen LogP contribution is 2.12. The minimum atomic E-state index is 0.0257. The Morgan fingerprint density at radius 1 is 1.33 bits per heavy atom. The van der Waals surface area contributed by atoms with Crippen LogP contribution in [0.3, 0.4) is 0 Å². The lowest BCUT2D eigenvalue weighted by Crippen LogP contribution is -2.11. The van der Waals surface area contributed by atoms with Gasteiger partial charge in [0, 0.05) is 5.92 Å². The first kappa shape index (κ1) is 11.7. The number of rotatable bonds is 4. The van der Waals surface area contributed by atoms with Gasteiger partial charge in [0.15, 0.2) is 0 Å². The summed E-state index contributed by atoms with van der Waals surface area (Å²) in [5.74, 6) is 0.256. The molecule has 0 amide bonds. The molecule has 0 aromatic heterocycles. The molecule has 1 rings (SSSR count). The number of benzene rings is 1. The molecular formula is C14H18O. The number of allylic oxidation sites excluding steroid dienone is 2. The van der Waals surface area contributed by atoms with E-state index in [0.29, 0.717) is 0 Å². The maximum absolute atomic E-state index is 11.4. The largest absolute Gasteiger partial charge is 0.299 e. The van der Waals surface area contributed by atoms with Crippen molar-refractivity contribution in [1.82, 2.24) is 0 Å². The Morgan fingerprint density at radius 2 is 1.93 bits per heavy atom. The molecule has 1 atom stereocenters. The molecule has 1 aromatic rings. The van der Waals surface area contributed by atoms with Crippen LogP contribution in [0, 0.1) is 12.8 Å². The molecule has 0 saturated heterocycles. The summed E-state index contributed by atoms with van der Waals surface area (Å²) in [6.45, 7) is 5.67. The summed E-state index contributed by atoms with van der Waals surface area (Å²) in [6.07, 6.45) is 4.72. The fraction of sp³-hybridized carbons (Fsp3) is 0.357. The van der Waals surface area contributed by atoms with Crippen molar-refractivity contribution in [3.8, 4) is 0 Å². The second-order valence-electron chi connectivity index (χ2n) is 3.93. The van der Waals surface area contributed by atoms with Gasteiger partial charge < -0.3 is 0 Å². The molecule has 0 aliphatic rings. The molecule has 0 heterocycles. The van der Waals surface area contributed by atoms with Gasteiger partial charge >= 0.3 is 0 Å². The average molecular weight is 202 g/mol. The number of ketones is 1.